The summed E-state index contributed by atoms with van der Waals surface area (Å²) in [4.78, 5) is 46.6. The molecule has 0 fully saturated rings. The number of hydrogen-bond donors (Lipinski definition) is 0. The number of hydrogen-bond acceptors (Lipinski definition) is 8. The van der Waals surface area contributed by atoms with Crippen LogP contribution in [0.1, 0.15) is 39.3 Å². The molecule has 5 rings (SSSR count). The third kappa shape index (κ3) is 5.02. The van der Waals surface area contributed by atoms with Crippen LogP contribution in [-0.4, -0.2) is 34.5 Å². The van der Waals surface area contributed by atoms with Gasteiger partial charge in [-0.15, -0.1) is 11.8 Å². The molecule has 10 heteroatoms. The van der Waals surface area contributed by atoms with Crippen molar-refractivity contribution in [1.82, 2.24) is 4.57 Å². The van der Waals surface area contributed by atoms with Gasteiger partial charge >= 0.3 is 5.97 Å². The average molecular weight is 561 g/mol. The van der Waals surface area contributed by atoms with Gasteiger partial charge in [0, 0.05) is 4.90 Å². The van der Waals surface area contributed by atoms with E-state index in [0.29, 0.717) is 32.0 Å². The molecule has 1 aromatic heterocycles. The SMILES string of the molecule is CSc1ccc([C@@H]2C(C(=O)OC(C)C)=C(C)N=c3s/c(=C\[C@H]4C(=O)N(c5ccccc5)N=C4C)c(=O)n32)cc1. The number of carbonyl (C=O) groups is 2. The molecule has 200 valence electrons. The number of benzene rings is 2. The number of para-hydroxylation sites is 1. The van der Waals surface area contributed by atoms with E-state index < -0.39 is 17.9 Å². The number of carbonyl (C=O) groups excluding carboxylic acids is 2. The number of aromatic nitrogens is 1. The Bertz CT molecular complexity index is 1690. The molecule has 0 unspecified atom stereocenters. The lowest BCUT2D eigenvalue weighted by Gasteiger charge is -2.25. The van der Waals surface area contributed by atoms with E-state index in [9.17, 15) is 14.4 Å². The minimum atomic E-state index is -0.708. The molecule has 0 bridgehead atoms. The molecule has 3 heterocycles. The number of fused-ring (bicyclic) bond motifs is 1. The molecule has 2 aromatic carbocycles. The Morgan fingerprint density at radius 3 is 2.41 bits per heavy atom. The summed E-state index contributed by atoms with van der Waals surface area (Å²) in [5, 5.41) is 5.82. The second-order valence-electron chi connectivity index (χ2n) is 9.54. The fraction of sp³-hybridized carbons (Fsp3) is 0.276. The average Bonchev–Trinajstić information content (AvgIpc) is 3.38. The zero-order chi connectivity index (χ0) is 27.8. The first-order valence-corrected chi connectivity index (χ1v) is 14.6. The molecular formula is C29H28N4O4S2. The molecule has 2 aliphatic heterocycles. The van der Waals surface area contributed by atoms with Crippen molar-refractivity contribution in [1.29, 1.82) is 0 Å². The van der Waals surface area contributed by atoms with Crippen LogP contribution in [0.15, 0.2) is 85.7 Å². The number of hydrazone groups is 1. The van der Waals surface area contributed by atoms with Crippen LogP contribution in [0.5, 0.6) is 0 Å². The van der Waals surface area contributed by atoms with Gasteiger partial charge in [-0.25, -0.2) is 9.79 Å². The normalized spacial score (nSPS) is 19.3. The molecule has 2 atom stereocenters. The fourth-order valence-electron chi connectivity index (χ4n) is 4.65. The van der Waals surface area contributed by atoms with E-state index in [4.69, 9.17) is 4.74 Å². The van der Waals surface area contributed by atoms with Crippen molar-refractivity contribution < 1.29 is 14.3 Å². The summed E-state index contributed by atoms with van der Waals surface area (Å²) in [5.41, 5.74) is 2.53. The second kappa shape index (κ2) is 10.8. The molecule has 0 N–H and O–H groups in total. The number of thiazole rings is 1. The van der Waals surface area contributed by atoms with Crippen LogP contribution in [0.3, 0.4) is 0 Å². The zero-order valence-corrected chi connectivity index (χ0v) is 23.9. The lowest BCUT2D eigenvalue weighted by atomic mass is 9.96. The lowest BCUT2D eigenvalue weighted by molar-refractivity contribution is -0.143. The van der Waals surface area contributed by atoms with Crippen LogP contribution in [0, 0.1) is 5.92 Å². The highest BCUT2D eigenvalue weighted by Gasteiger charge is 2.36. The maximum atomic E-state index is 13.9. The molecule has 1 amide bonds. The van der Waals surface area contributed by atoms with Gasteiger partial charge in [-0.2, -0.15) is 10.1 Å². The van der Waals surface area contributed by atoms with E-state index >= 15 is 0 Å². The van der Waals surface area contributed by atoms with Gasteiger partial charge < -0.3 is 4.74 Å². The second-order valence-corrected chi connectivity index (χ2v) is 11.4. The van der Waals surface area contributed by atoms with E-state index in [-0.39, 0.29) is 17.6 Å². The van der Waals surface area contributed by atoms with Gasteiger partial charge in [0.1, 0.15) is 5.92 Å². The number of allylic oxidation sites excluding steroid dienone is 1. The summed E-state index contributed by atoms with van der Waals surface area (Å²) >= 11 is 2.81. The van der Waals surface area contributed by atoms with Crippen LogP contribution in [-0.2, 0) is 14.3 Å². The molecule has 0 saturated heterocycles. The Kier molecular flexibility index (Phi) is 7.42. The third-order valence-electron chi connectivity index (χ3n) is 6.52. The van der Waals surface area contributed by atoms with Gasteiger partial charge in [-0.3, -0.25) is 14.2 Å². The lowest BCUT2D eigenvalue weighted by Crippen LogP contribution is -2.40. The van der Waals surface area contributed by atoms with Crippen LogP contribution >= 0.6 is 23.1 Å². The molecular weight excluding hydrogens is 532 g/mol. The van der Waals surface area contributed by atoms with E-state index in [1.165, 1.54) is 20.9 Å². The molecule has 8 nitrogen and oxygen atoms in total. The quantitative estimate of drug-likeness (QED) is 0.337. The van der Waals surface area contributed by atoms with E-state index in [0.717, 1.165) is 10.5 Å². The van der Waals surface area contributed by atoms with E-state index in [1.807, 2.05) is 60.9 Å². The first-order valence-electron chi connectivity index (χ1n) is 12.5. The molecule has 39 heavy (non-hydrogen) atoms. The summed E-state index contributed by atoms with van der Waals surface area (Å²) in [6.45, 7) is 7.10. The molecule has 0 saturated carbocycles. The van der Waals surface area contributed by atoms with Crippen molar-refractivity contribution in [2.45, 2.75) is 44.7 Å². The van der Waals surface area contributed by atoms with Gasteiger partial charge in [0.15, 0.2) is 4.80 Å². The topological polar surface area (TPSA) is 93.3 Å². The number of thioether (sulfide) groups is 1. The van der Waals surface area contributed by atoms with Gasteiger partial charge in [0.25, 0.3) is 11.5 Å². The predicted molar refractivity (Wildman–Crippen MR) is 155 cm³/mol. The van der Waals surface area contributed by atoms with Crippen molar-refractivity contribution in [3.05, 3.63) is 91.1 Å². The largest absolute Gasteiger partial charge is 0.459 e. The highest BCUT2D eigenvalue weighted by molar-refractivity contribution is 7.98. The van der Waals surface area contributed by atoms with Crippen molar-refractivity contribution in [2.75, 3.05) is 11.3 Å². The third-order valence-corrected chi connectivity index (χ3v) is 8.26. The number of amides is 1. The Morgan fingerprint density at radius 1 is 1.08 bits per heavy atom. The van der Waals surface area contributed by atoms with Crippen molar-refractivity contribution >= 4 is 52.5 Å². The minimum absolute atomic E-state index is 0.230. The minimum Gasteiger partial charge on any atom is -0.459 e. The zero-order valence-electron chi connectivity index (χ0n) is 22.2. The summed E-state index contributed by atoms with van der Waals surface area (Å²) in [7, 11) is 0. The molecule has 0 radical (unpaired) electrons. The fourth-order valence-corrected chi connectivity index (χ4v) is 6.12. The van der Waals surface area contributed by atoms with Crippen LogP contribution in [0.25, 0.3) is 6.08 Å². The Morgan fingerprint density at radius 2 is 1.77 bits per heavy atom. The smallest absolute Gasteiger partial charge is 0.338 e. The first-order chi connectivity index (χ1) is 18.7. The van der Waals surface area contributed by atoms with Crippen LogP contribution in [0.2, 0.25) is 0 Å². The highest BCUT2D eigenvalue weighted by atomic mass is 32.2. The first kappa shape index (κ1) is 26.8. The summed E-state index contributed by atoms with van der Waals surface area (Å²) in [6, 6.07) is 16.2. The maximum Gasteiger partial charge on any atom is 0.338 e. The summed E-state index contributed by atoms with van der Waals surface area (Å²) in [6.07, 6.45) is 3.32. The van der Waals surface area contributed by atoms with Crippen LogP contribution < -0.4 is 19.9 Å². The monoisotopic (exact) mass is 560 g/mol. The molecule has 0 aliphatic carbocycles. The standard InChI is InChI=1S/C29H28N4O4S2/c1-16(2)37-28(36)24-18(4)30-29-32(25(24)19-11-13-21(38-5)14-12-19)27(35)23(39-29)15-22-17(3)31-33(26(22)34)20-9-7-6-8-10-20/h6-16,22,25H,1-5H3/b23-15-/t22-,25-/m1/s1. The van der Waals surface area contributed by atoms with Gasteiger partial charge in [0.2, 0.25) is 0 Å². The van der Waals surface area contributed by atoms with Gasteiger partial charge in [0.05, 0.1) is 39.3 Å². The predicted octanol–water partition coefficient (Wildman–Crippen LogP) is 3.90. The Balaban J connectivity index is 1.62. The molecule has 2 aliphatic rings. The van der Waals surface area contributed by atoms with Gasteiger partial charge in [-0.1, -0.05) is 41.7 Å². The van der Waals surface area contributed by atoms with E-state index in [1.54, 1.807) is 45.5 Å². The Hall–Kier alpha value is -3.76. The number of rotatable bonds is 6. The van der Waals surface area contributed by atoms with Crippen LogP contribution in [0.4, 0.5) is 5.69 Å². The molecule has 0 spiro atoms. The maximum absolute atomic E-state index is 13.9. The number of ether oxygens (including phenoxy) is 1. The van der Waals surface area contributed by atoms with Gasteiger partial charge in [-0.05, 0) is 69.9 Å². The summed E-state index contributed by atoms with van der Waals surface area (Å²) in [5.74, 6) is -1.42. The number of anilines is 1. The van der Waals surface area contributed by atoms with E-state index in [2.05, 4.69) is 10.1 Å². The van der Waals surface area contributed by atoms with Crippen molar-refractivity contribution in [3.8, 4) is 0 Å². The van der Waals surface area contributed by atoms with Crippen molar-refractivity contribution in [2.24, 2.45) is 16.0 Å². The highest BCUT2D eigenvalue weighted by Crippen LogP contribution is 2.32. The Labute approximate surface area is 234 Å². The number of nitrogens with zero attached hydrogens (tertiary/aromatic N) is 4. The summed E-state index contributed by atoms with van der Waals surface area (Å²) < 4.78 is 7.47. The number of esters is 1. The molecule has 3 aromatic rings. The van der Waals surface area contributed by atoms with Crippen molar-refractivity contribution in [3.63, 3.8) is 0 Å².